The van der Waals surface area contributed by atoms with E-state index < -0.39 is 0 Å². The molecule has 1 nitrogen and oxygen atoms in total. The van der Waals surface area contributed by atoms with E-state index in [0.717, 1.165) is 0 Å². The molecule has 0 atom stereocenters. The monoisotopic (exact) mass is 67.1 g/mol. The molecule has 0 aliphatic heterocycles. The van der Waals surface area contributed by atoms with Crippen LogP contribution in [0.4, 0.5) is 0 Å². The second-order valence-electron chi connectivity index (χ2n) is 1.41. The molecule has 0 aromatic heterocycles. The molecule has 0 fully saturated rings. The normalized spacial score (nSPS) is 6.00. The fourth-order valence-electron chi connectivity index (χ4n) is 0. The third-order valence-electron chi connectivity index (χ3n) is 0.333. The van der Waals surface area contributed by atoms with E-state index in [0.29, 0.717) is 6.60 Å². The van der Waals surface area contributed by atoms with Crippen LogP contribution in [-0.4, -0.2) is 13.6 Å². The molecule has 0 radical (unpaired) electrons. The second-order valence-corrected chi connectivity index (χ2v) is 1.41. The Hall–Kier alpha value is -0.0701. The van der Waals surface area contributed by atoms with Crippen LogP contribution in [0.25, 0.3) is 0 Å². The molecule has 0 aromatic rings. The Morgan fingerprint density at radius 1 is 1.60 bits per heavy atom. The molecule has 5 heavy (non-hydrogen) atoms. The summed E-state index contributed by atoms with van der Waals surface area (Å²) in [6, 6.07) is 0. The van der Waals surface area contributed by atoms with Gasteiger partial charge in [0.25, 0.3) is 0 Å². The van der Waals surface area contributed by atoms with E-state index in [1.54, 1.807) is 0 Å². The van der Waals surface area contributed by atoms with Crippen LogP contribution < -0.4 is 0 Å². The molecule has 3 heteroatoms. The van der Waals surface area contributed by atoms with Gasteiger partial charge in [-0.15, -0.1) is 0 Å². The average molecular weight is 66.7 g/mol. The van der Waals surface area contributed by atoms with E-state index in [-0.39, 0.29) is 0 Å². The van der Waals surface area contributed by atoms with Crippen molar-refractivity contribution in [3.8, 4) is 0 Å². The van der Waals surface area contributed by atoms with Crippen LogP contribution in [0.15, 0.2) is 0 Å². The number of nitrogens with one attached hydrogen (secondary N) is 1. The van der Waals surface area contributed by atoms with Gasteiger partial charge in [0.05, 0.1) is 0 Å². The van der Waals surface area contributed by atoms with Crippen molar-refractivity contribution in [2.75, 3.05) is 0 Å². The molecule has 0 aromatic carbocycles. The molecular weight excluding hydrogens is 59.7 g/mol. The summed E-state index contributed by atoms with van der Waals surface area (Å²) in [5, 5.41) is 6.53. The van der Waals surface area contributed by atoms with Crippen molar-refractivity contribution in [3.05, 3.63) is 0 Å². The third kappa shape index (κ3) is 3.93. The third-order valence-corrected chi connectivity index (χ3v) is 0.333. The van der Waals surface area contributed by atoms with Gasteiger partial charge in [0.15, 0.2) is 0 Å². The molecule has 26 valence electrons. The first kappa shape index (κ1) is 4.93. The predicted molar refractivity (Wildman–Crippen MR) is 26.0 cm³/mol. The van der Waals surface area contributed by atoms with Crippen LogP contribution in [0.2, 0.25) is 13.6 Å². The standard InChI is InChI=1S/C2H7B2N/c1-4(2)3-5/h5H,1-2H3. The van der Waals surface area contributed by atoms with Crippen LogP contribution >= 0.6 is 0 Å². The van der Waals surface area contributed by atoms with Crippen molar-refractivity contribution < 1.29 is 0 Å². The molecule has 0 saturated heterocycles. The van der Waals surface area contributed by atoms with Crippen LogP contribution in [-0.2, 0) is 0 Å². The summed E-state index contributed by atoms with van der Waals surface area (Å²) in [6.07, 6.45) is 0. The first-order valence-corrected chi connectivity index (χ1v) is 1.78. The average Bonchev–Trinajstić information content (AvgIpc) is 1.38. The SMILES string of the molecule is CB(C)B=N. The van der Waals surface area contributed by atoms with E-state index in [1.165, 1.54) is 6.96 Å². The van der Waals surface area contributed by atoms with Gasteiger partial charge >= 0.3 is 32.5 Å². The van der Waals surface area contributed by atoms with Crippen LogP contribution in [0.3, 0.4) is 0 Å². The Morgan fingerprint density at radius 2 is 1.80 bits per heavy atom. The van der Waals surface area contributed by atoms with Crippen molar-refractivity contribution in [1.29, 1.82) is 5.31 Å². The van der Waals surface area contributed by atoms with Gasteiger partial charge in [0, 0.05) is 0 Å². The topological polar surface area (TPSA) is 23.9 Å². The Labute approximate surface area is 33.6 Å². The summed E-state index contributed by atoms with van der Waals surface area (Å²) in [7, 11) is 0. The Balaban J connectivity index is 2.83. The second kappa shape index (κ2) is 2.18. The first-order chi connectivity index (χ1) is 2.27. The summed E-state index contributed by atoms with van der Waals surface area (Å²) in [4.78, 5) is 0. The van der Waals surface area contributed by atoms with Crippen molar-refractivity contribution >= 4 is 13.6 Å². The zero-order valence-electron chi connectivity index (χ0n) is 3.65. The quantitative estimate of drug-likeness (QED) is 0.436. The number of hydrogen-bond acceptors (Lipinski definition) is 1. The maximum atomic E-state index is 6.53. The molecule has 0 aliphatic rings. The fourth-order valence-corrected chi connectivity index (χ4v) is 0. The van der Waals surface area contributed by atoms with Crippen molar-refractivity contribution in [3.63, 3.8) is 0 Å². The number of rotatable bonds is 1. The van der Waals surface area contributed by atoms with Crippen molar-refractivity contribution in [1.82, 2.24) is 0 Å². The molecule has 0 rings (SSSR count). The Bertz CT molecular complexity index is 34.6. The predicted octanol–water partition coefficient (Wildman–Crippen LogP) is 0.704. The van der Waals surface area contributed by atoms with E-state index >= 15 is 0 Å². The molecule has 0 heterocycles. The zero-order chi connectivity index (χ0) is 4.28. The first-order valence-electron chi connectivity index (χ1n) is 1.78. The molecule has 0 spiro atoms. The minimum absolute atomic E-state index is 0.426. The van der Waals surface area contributed by atoms with Gasteiger partial charge in [-0.05, 0) is 0 Å². The summed E-state index contributed by atoms with van der Waals surface area (Å²) in [6.45, 7) is 5.80. The molecule has 1 N–H and O–H groups in total. The van der Waals surface area contributed by atoms with Gasteiger partial charge in [0.1, 0.15) is 0 Å². The number of hydrogen-bond donors (Lipinski definition) is 1. The van der Waals surface area contributed by atoms with E-state index in [1.807, 2.05) is 13.6 Å². The van der Waals surface area contributed by atoms with E-state index in [9.17, 15) is 0 Å². The van der Waals surface area contributed by atoms with Gasteiger partial charge in [-0.3, -0.25) is 0 Å². The maximum absolute atomic E-state index is 6.53. The molecule has 0 aliphatic carbocycles. The van der Waals surface area contributed by atoms with Crippen LogP contribution in [0.5, 0.6) is 0 Å². The molecule has 0 bridgehead atoms. The zero-order valence-corrected chi connectivity index (χ0v) is 3.65. The fraction of sp³-hybridized carbons (Fsp3) is 1.00. The summed E-state index contributed by atoms with van der Waals surface area (Å²) in [5.74, 6) is 0. The molecule has 0 saturated carbocycles. The summed E-state index contributed by atoms with van der Waals surface area (Å²) < 4.78 is 0. The molecular formula is C2H7B2N. The van der Waals surface area contributed by atoms with Gasteiger partial charge in [0.2, 0.25) is 0 Å². The summed E-state index contributed by atoms with van der Waals surface area (Å²) >= 11 is 0. The van der Waals surface area contributed by atoms with Gasteiger partial charge in [-0.1, -0.05) is 0 Å². The Kier molecular flexibility index (Phi) is 2.15. The summed E-state index contributed by atoms with van der Waals surface area (Å²) in [5.41, 5.74) is 0. The van der Waals surface area contributed by atoms with Gasteiger partial charge < -0.3 is 0 Å². The molecule has 0 unspecified atom stereocenters. The van der Waals surface area contributed by atoms with E-state index in [4.69, 9.17) is 5.31 Å². The molecule has 0 amide bonds. The minimum atomic E-state index is 0.426. The van der Waals surface area contributed by atoms with Crippen LogP contribution in [0, 0.1) is 5.31 Å². The van der Waals surface area contributed by atoms with Crippen molar-refractivity contribution in [2.24, 2.45) is 0 Å². The van der Waals surface area contributed by atoms with E-state index in [2.05, 4.69) is 0 Å². The van der Waals surface area contributed by atoms with Crippen molar-refractivity contribution in [2.45, 2.75) is 13.6 Å². The van der Waals surface area contributed by atoms with Crippen LogP contribution in [0.1, 0.15) is 0 Å². The Morgan fingerprint density at radius 3 is 1.80 bits per heavy atom. The van der Waals surface area contributed by atoms with Gasteiger partial charge in [-0.25, -0.2) is 0 Å². The van der Waals surface area contributed by atoms with Gasteiger partial charge in [-0.2, -0.15) is 0 Å².